The van der Waals surface area contributed by atoms with Gasteiger partial charge in [0.05, 0.1) is 25.2 Å². The topological polar surface area (TPSA) is 189 Å². The minimum absolute atomic E-state index is 0.113. The molecule has 1 aliphatic heterocycles. The second-order valence-corrected chi connectivity index (χ2v) is 12.7. The van der Waals surface area contributed by atoms with Gasteiger partial charge in [-0.2, -0.15) is 0 Å². The number of aromatic amines is 1. The molecule has 13 nitrogen and oxygen atoms in total. The molecule has 216 valence electrons. The highest BCUT2D eigenvalue weighted by molar-refractivity contribution is 8.13. The molecule has 0 aliphatic carbocycles. The van der Waals surface area contributed by atoms with Gasteiger partial charge in [-0.05, 0) is 26.3 Å². The monoisotopic (exact) mass is 587 g/mol. The lowest BCUT2D eigenvalue weighted by Crippen LogP contribution is -2.47. The molecule has 0 spiro atoms. The van der Waals surface area contributed by atoms with E-state index < -0.39 is 55.1 Å². The molecular formula is C24H34N3O10PS. The van der Waals surface area contributed by atoms with Gasteiger partial charge in [-0.25, -0.2) is 14.4 Å². The Kier molecular flexibility index (Phi) is 10.5. The average Bonchev–Trinajstić information content (AvgIpc) is 3.12. The number of nitrogens with one attached hydrogen (secondary N) is 2. The molecule has 0 bridgehead atoms. The van der Waals surface area contributed by atoms with E-state index in [1.165, 1.54) is 6.92 Å². The highest BCUT2D eigenvalue weighted by atomic mass is 32.2. The predicted octanol–water partition coefficient (Wildman–Crippen LogP) is 0.755. The number of carbonyl (C=O) groups excluding carboxylic acids is 1. The van der Waals surface area contributed by atoms with E-state index in [1.807, 2.05) is 11.1 Å². The lowest BCUT2D eigenvalue weighted by Gasteiger charge is -2.27. The van der Waals surface area contributed by atoms with Crippen LogP contribution in [0.2, 0.25) is 0 Å². The number of aliphatic hydroxyl groups excluding tert-OH is 2. The maximum atomic E-state index is 13.6. The minimum Gasteiger partial charge on any atom is -0.395 e. The van der Waals surface area contributed by atoms with Crippen LogP contribution >= 0.6 is 19.5 Å². The van der Waals surface area contributed by atoms with Crippen molar-refractivity contribution in [1.82, 2.24) is 14.6 Å². The maximum Gasteiger partial charge on any atom is 0.405 e. The molecule has 1 saturated heterocycles. The van der Waals surface area contributed by atoms with Gasteiger partial charge >= 0.3 is 13.4 Å². The SMILES string of the molecule is CC(C)(CO)C(=O)SCCOP(=O)(NCc1ccccc1)OC[C@H]1O[C@@H](n2ccc(=O)[nH]c2=O)C(O)[C@@]1(C)O. The van der Waals surface area contributed by atoms with Crippen molar-refractivity contribution in [3.8, 4) is 0 Å². The summed E-state index contributed by atoms with van der Waals surface area (Å²) in [5.74, 6) is 0.135. The first-order valence-corrected chi connectivity index (χ1v) is 14.7. The van der Waals surface area contributed by atoms with Gasteiger partial charge in [0, 0.05) is 24.6 Å². The number of ether oxygens (including phenoxy) is 1. The van der Waals surface area contributed by atoms with E-state index >= 15 is 0 Å². The third-order valence-corrected chi connectivity index (χ3v) is 8.93. The van der Waals surface area contributed by atoms with Gasteiger partial charge in [0.1, 0.15) is 17.8 Å². The molecular weight excluding hydrogens is 553 g/mol. The van der Waals surface area contributed by atoms with Crippen LogP contribution in [-0.4, -0.2) is 73.4 Å². The first kappa shape index (κ1) is 31.4. The van der Waals surface area contributed by atoms with Crippen LogP contribution in [-0.2, 0) is 29.7 Å². The Morgan fingerprint density at radius 2 is 1.95 bits per heavy atom. The number of benzene rings is 1. The molecule has 2 aromatic rings. The molecule has 0 radical (unpaired) electrons. The quantitative estimate of drug-likeness (QED) is 0.164. The molecule has 15 heteroatoms. The molecule has 2 heterocycles. The summed E-state index contributed by atoms with van der Waals surface area (Å²) in [5, 5.41) is 33.4. The predicted molar refractivity (Wildman–Crippen MR) is 143 cm³/mol. The van der Waals surface area contributed by atoms with E-state index in [-0.39, 0.29) is 30.6 Å². The summed E-state index contributed by atoms with van der Waals surface area (Å²) in [6, 6.07) is 10.1. The van der Waals surface area contributed by atoms with Crippen molar-refractivity contribution < 1.29 is 38.5 Å². The van der Waals surface area contributed by atoms with Gasteiger partial charge < -0.3 is 20.1 Å². The third-order valence-electron chi connectivity index (χ3n) is 6.19. The summed E-state index contributed by atoms with van der Waals surface area (Å²) < 4.78 is 31.3. The number of H-pyrrole nitrogens is 1. The van der Waals surface area contributed by atoms with E-state index in [2.05, 4.69) is 5.09 Å². The fourth-order valence-corrected chi connectivity index (χ4v) is 5.77. The Balaban J connectivity index is 1.69. The molecule has 3 rings (SSSR count). The molecule has 1 aromatic heterocycles. The van der Waals surface area contributed by atoms with Gasteiger partial charge in [0.15, 0.2) is 11.3 Å². The Morgan fingerprint density at radius 3 is 2.59 bits per heavy atom. The van der Waals surface area contributed by atoms with Crippen molar-refractivity contribution in [2.75, 3.05) is 25.6 Å². The van der Waals surface area contributed by atoms with Crippen LogP contribution in [0.1, 0.15) is 32.6 Å². The first-order valence-electron chi connectivity index (χ1n) is 12.1. The zero-order chi connectivity index (χ0) is 28.8. The smallest absolute Gasteiger partial charge is 0.395 e. The van der Waals surface area contributed by atoms with Gasteiger partial charge in [-0.3, -0.25) is 28.2 Å². The number of hydrogen-bond acceptors (Lipinski definition) is 11. The van der Waals surface area contributed by atoms with Gasteiger partial charge in [0.2, 0.25) is 0 Å². The second kappa shape index (κ2) is 13.0. The van der Waals surface area contributed by atoms with Crippen molar-refractivity contribution >= 4 is 24.6 Å². The summed E-state index contributed by atoms with van der Waals surface area (Å²) in [6.07, 6.45) is -3.06. The van der Waals surface area contributed by atoms with Crippen LogP contribution in [0.3, 0.4) is 0 Å². The van der Waals surface area contributed by atoms with Crippen molar-refractivity contribution in [3.63, 3.8) is 0 Å². The number of hydrogen-bond donors (Lipinski definition) is 5. The van der Waals surface area contributed by atoms with Crippen LogP contribution in [0.15, 0.2) is 52.2 Å². The Hall–Kier alpha value is -2.13. The number of rotatable bonds is 13. The normalized spacial score (nSPS) is 24.9. The zero-order valence-corrected chi connectivity index (χ0v) is 23.5. The van der Waals surface area contributed by atoms with E-state index in [9.17, 15) is 34.3 Å². The largest absolute Gasteiger partial charge is 0.405 e. The summed E-state index contributed by atoms with van der Waals surface area (Å²) in [4.78, 5) is 37.9. The zero-order valence-electron chi connectivity index (χ0n) is 21.8. The molecule has 1 fully saturated rings. The van der Waals surface area contributed by atoms with Crippen molar-refractivity contribution in [2.24, 2.45) is 5.41 Å². The third kappa shape index (κ3) is 7.97. The Bertz CT molecular complexity index is 1280. The molecule has 1 aliphatic rings. The van der Waals surface area contributed by atoms with Crippen molar-refractivity contribution in [3.05, 3.63) is 69.0 Å². The highest BCUT2D eigenvalue weighted by Crippen LogP contribution is 2.46. The molecule has 39 heavy (non-hydrogen) atoms. The first-order chi connectivity index (χ1) is 18.3. The number of nitrogens with zero attached hydrogens (tertiary/aromatic N) is 1. The maximum absolute atomic E-state index is 13.6. The molecule has 0 saturated carbocycles. The standard InChI is InChI=1S/C24H34N3O10PS/c1-23(2,15-28)21(31)39-12-11-35-38(34,25-13-16-7-5-4-6-8-16)36-14-17-24(3,33)19(30)20(37-17)27-10-9-18(29)26-22(27)32/h4-10,17,19-20,28,30,33H,11-15H2,1-3H3,(H,25,34)(H,26,29,32)/t17-,19?,20-,24+,38?/m1/s1. The Labute approximate surface area is 229 Å². The average molecular weight is 588 g/mol. The number of thioether (sulfide) groups is 1. The molecule has 0 amide bonds. The number of carbonyl (C=O) groups is 1. The molecule has 5 atom stereocenters. The van der Waals surface area contributed by atoms with Crippen LogP contribution in [0.4, 0.5) is 0 Å². The van der Waals surface area contributed by atoms with E-state index in [0.29, 0.717) is 0 Å². The summed E-state index contributed by atoms with van der Waals surface area (Å²) in [7, 11) is -4.04. The van der Waals surface area contributed by atoms with Crippen LogP contribution in [0.25, 0.3) is 0 Å². The van der Waals surface area contributed by atoms with E-state index in [4.69, 9.17) is 13.8 Å². The van der Waals surface area contributed by atoms with Crippen LogP contribution in [0, 0.1) is 5.41 Å². The Morgan fingerprint density at radius 1 is 1.26 bits per heavy atom. The van der Waals surface area contributed by atoms with Gasteiger partial charge in [-0.1, -0.05) is 42.1 Å². The van der Waals surface area contributed by atoms with Gasteiger partial charge in [0.25, 0.3) is 5.56 Å². The van der Waals surface area contributed by atoms with E-state index in [0.717, 1.165) is 34.2 Å². The van der Waals surface area contributed by atoms with E-state index in [1.54, 1.807) is 38.1 Å². The van der Waals surface area contributed by atoms with Gasteiger partial charge in [-0.15, -0.1) is 0 Å². The summed E-state index contributed by atoms with van der Waals surface area (Å²) >= 11 is 0.923. The molecule has 1 aromatic carbocycles. The number of aliphatic hydroxyl groups is 3. The number of aromatic nitrogens is 2. The molecule has 5 N–H and O–H groups in total. The lowest BCUT2D eigenvalue weighted by molar-refractivity contribution is -0.119. The lowest BCUT2D eigenvalue weighted by atomic mass is 9.95. The fourth-order valence-electron chi connectivity index (χ4n) is 3.54. The second-order valence-electron chi connectivity index (χ2n) is 9.83. The van der Waals surface area contributed by atoms with Crippen LogP contribution in [0.5, 0.6) is 0 Å². The van der Waals surface area contributed by atoms with Crippen LogP contribution < -0.4 is 16.3 Å². The minimum atomic E-state index is -4.04. The van der Waals surface area contributed by atoms with Crippen molar-refractivity contribution in [2.45, 2.75) is 51.4 Å². The highest BCUT2D eigenvalue weighted by Gasteiger charge is 2.53. The summed E-state index contributed by atoms with van der Waals surface area (Å²) in [6.45, 7) is 3.64. The summed E-state index contributed by atoms with van der Waals surface area (Å²) in [5.41, 5.74) is -3.57. The molecule has 2 unspecified atom stereocenters. The van der Waals surface area contributed by atoms with Crippen molar-refractivity contribution in [1.29, 1.82) is 0 Å². The fraction of sp³-hybridized carbons (Fsp3) is 0.542.